The van der Waals surface area contributed by atoms with Crippen molar-refractivity contribution >= 4 is 16.0 Å². The Balaban J connectivity index is 2.81. The lowest BCUT2D eigenvalue weighted by Gasteiger charge is -1.98. The van der Waals surface area contributed by atoms with Crippen molar-refractivity contribution in [1.82, 2.24) is 5.32 Å². The van der Waals surface area contributed by atoms with Crippen molar-refractivity contribution in [3.63, 3.8) is 0 Å². The van der Waals surface area contributed by atoms with Crippen molar-refractivity contribution in [2.45, 2.75) is 18.4 Å². The highest BCUT2D eigenvalue weighted by Crippen LogP contribution is 2.13. The molecule has 1 heterocycles. The second kappa shape index (κ2) is 4.45. The molecule has 1 amide bonds. The van der Waals surface area contributed by atoms with Crippen LogP contribution in [0.2, 0.25) is 0 Å². The minimum absolute atomic E-state index is 0.0658. The molecule has 1 rings (SSSR count). The van der Waals surface area contributed by atoms with E-state index in [1.54, 1.807) is 0 Å². The second-order valence-corrected chi connectivity index (χ2v) is 4.24. The van der Waals surface area contributed by atoms with Gasteiger partial charge in [0.15, 0.2) is 0 Å². The van der Waals surface area contributed by atoms with Gasteiger partial charge in [-0.1, -0.05) is 6.92 Å². The zero-order valence-corrected chi connectivity index (χ0v) is 8.87. The summed E-state index contributed by atoms with van der Waals surface area (Å²) in [6.45, 7) is 2.38. The van der Waals surface area contributed by atoms with Gasteiger partial charge in [-0.3, -0.25) is 9.35 Å². The minimum atomic E-state index is -4.38. The van der Waals surface area contributed by atoms with Crippen LogP contribution in [0.5, 0.6) is 0 Å². The summed E-state index contributed by atoms with van der Waals surface area (Å²) >= 11 is 0. The summed E-state index contributed by atoms with van der Waals surface area (Å²) in [5.41, 5.74) is 0.0658. The molecule has 0 spiro atoms. The Hall–Kier alpha value is -1.34. The fraction of sp³-hybridized carbons (Fsp3) is 0.375. The Labute approximate surface area is 87.0 Å². The van der Waals surface area contributed by atoms with Crippen molar-refractivity contribution in [2.75, 3.05) is 6.54 Å². The van der Waals surface area contributed by atoms with E-state index in [0.29, 0.717) is 6.54 Å². The van der Waals surface area contributed by atoms with Crippen LogP contribution in [0.1, 0.15) is 23.7 Å². The van der Waals surface area contributed by atoms with Crippen molar-refractivity contribution in [3.8, 4) is 0 Å². The fourth-order valence-corrected chi connectivity index (χ4v) is 1.36. The Morgan fingerprint density at radius 3 is 2.73 bits per heavy atom. The SMILES string of the molecule is CCCNC(=O)c1coc(S(=O)(=O)O)c1. The summed E-state index contributed by atoms with van der Waals surface area (Å²) in [6, 6.07) is 0.973. The first-order valence-electron chi connectivity index (χ1n) is 4.29. The lowest BCUT2D eigenvalue weighted by atomic mass is 10.3. The van der Waals surface area contributed by atoms with Gasteiger partial charge in [-0.15, -0.1) is 0 Å². The lowest BCUT2D eigenvalue weighted by molar-refractivity contribution is 0.0953. The summed E-state index contributed by atoms with van der Waals surface area (Å²) in [7, 11) is -4.38. The molecule has 0 saturated heterocycles. The predicted octanol–water partition coefficient (Wildman–Crippen LogP) is 0.666. The molecule has 2 N–H and O–H groups in total. The highest BCUT2D eigenvalue weighted by Gasteiger charge is 2.17. The van der Waals surface area contributed by atoms with Crippen LogP contribution in [-0.4, -0.2) is 25.4 Å². The van der Waals surface area contributed by atoms with Gasteiger partial charge in [-0.2, -0.15) is 8.42 Å². The van der Waals surface area contributed by atoms with Gasteiger partial charge in [0, 0.05) is 12.6 Å². The molecule has 1 aromatic heterocycles. The van der Waals surface area contributed by atoms with E-state index in [1.165, 1.54) is 0 Å². The Morgan fingerprint density at radius 2 is 2.27 bits per heavy atom. The van der Waals surface area contributed by atoms with E-state index >= 15 is 0 Å². The normalized spacial score (nSPS) is 11.3. The number of nitrogens with one attached hydrogen (secondary N) is 1. The maximum absolute atomic E-state index is 11.3. The van der Waals surface area contributed by atoms with Gasteiger partial charge >= 0.3 is 10.1 Å². The van der Waals surface area contributed by atoms with Crippen LogP contribution in [0, 0.1) is 0 Å². The van der Waals surface area contributed by atoms with Gasteiger partial charge in [-0.05, 0) is 6.42 Å². The summed E-state index contributed by atoms with van der Waals surface area (Å²) in [6.07, 6.45) is 1.75. The van der Waals surface area contributed by atoms with Crippen LogP contribution >= 0.6 is 0 Å². The molecule has 84 valence electrons. The molecule has 6 nitrogen and oxygen atoms in total. The van der Waals surface area contributed by atoms with Gasteiger partial charge in [0.05, 0.1) is 5.56 Å². The Kier molecular flexibility index (Phi) is 3.48. The fourth-order valence-electron chi connectivity index (χ4n) is 0.911. The maximum Gasteiger partial charge on any atom is 0.328 e. The van der Waals surface area contributed by atoms with Crippen LogP contribution in [-0.2, 0) is 10.1 Å². The van der Waals surface area contributed by atoms with Crippen LogP contribution in [0.25, 0.3) is 0 Å². The zero-order valence-electron chi connectivity index (χ0n) is 8.06. The largest absolute Gasteiger partial charge is 0.450 e. The number of carbonyl (C=O) groups excluding carboxylic acids is 1. The van der Waals surface area contributed by atoms with E-state index in [4.69, 9.17) is 4.55 Å². The van der Waals surface area contributed by atoms with Crippen molar-refractivity contribution in [3.05, 3.63) is 17.9 Å². The van der Waals surface area contributed by atoms with E-state index in [9.17, 15) is 13.2 Å². The van der Waals surface area contributed by atoms with Gasteiger partial charge in [0.25, 0.3) is 5.91 Å². The third kappa shape index (κ3) is 3.07. The molecule has 0 fully saturated rings. The third-order valence-electron chi connectivity index (χ3n) is 1.63. The number of furan rings is 1. The molecule has 15 heavy (non-hydrogen) atoms. The first-order chi connectivity index (χ1) is 6.95. The summed E-state index contributed by atoms with van der Waals surface area (Å²) in [4.78, 5) is 11.3. The molecule has 0 radical (unpaired) electrons. The summed E-state index contributed by atoms with van der Waals surface area (Å²) in [5, 5.41) is 1.90. The number of hydrogen-bond acceptors (Lipinski definition) is 4. The van der Waals surface area contributed by atoms with Crippen LogP contribution in [0.4, 0.5) is 0 Å². The smallest absolute Gasteiger partial charge is 0.328 e. The molecule has 1 aromatic rings. The average Bonchev–Trinajstić information content (AvgIpc) is 2.62. The van der Waals surface area contributed by atoms with E-state index < -0.39 is 21.1 Å². The molecule has 0 aliphatic heterocycles. The summed E-state index contributed by atoms with van der Waals surface area (Å²) < 4.78 is 34.4. The monoisotopic (exact) mass is 233 g/mol. The third-order valence-corrected chi connectivity index (χ3v) is 2.35. The second-order valence-electron chi connectivity index (χ2n) is 2.89. The predicted molar refractivity (Wildman–Crippen MR) is 51.1 cm³/mol. The van der Waals surface area contributed by atoms with E-state index in [-0.39, 0.29) is 5.56 Å². The Morgan fingerprint density at radius 1 is 1.60 bits per heavy atom. The maximum atomic E-state index is 11.3. The van der Waals surface area contributed by atoms with Gasteiger partial charge < -0.3 is 9.73 Å². The molecule has 0 unspecified atom stereocenters. The van der Waals surface area contributed by atoms with Gasteiger partial charge in [-0.25, -0.2) is 0 Å². The topological polar surface area (TPSA) is 96.6 Å². The molecule has 0 atom stereocenters. The minimum Gasteiger partial charge on any atom is -0.450 e. The molecule has 0 aromatic carbocycles. The molecular formula is C8H11NO5S. The number of rotatable bonds is 4. The van der Waals surface area contributed by atoms with Crippen molar-refractivity contribution < 1.29 is 22.2 Å². The number of amides is 1. The highest BCUT2D eigenvalue weighted by atomic mass is 32.2. The van der Waals surface area contributed by atoms with E-state index in [2.05, 4.69) is 9.73 Å². The number of carbonyl (C=O) groups is 1. The first-order valence-corrected chi connectivity index (χ1v) is 5.73. The quantitative estimate of drug-likeness (QED) is 0.745. The standard InChI is InChI=1S/C8H11NO5S/c1-2-3-9-8(10)6-4-7(14-5-6)15(11,12)13/h4-5H,2-3H2,1H3,(H,9,10)(H,11,12,13). The molecular weight excluding hydrogens is 222 g/mol. The highest BCUT2D eigenvalue weighted by molar-refractivity contribution is 7.85. The number of hydrogen-bond donors (Lipinski definition) is 2. The Bertz CT molecular complexity index is 447. The molecule has 0 bridgehead atoms. The molecule has 7 heteroatoms. The first kappa shape index (κ1) is 11.7. The van der Waals surface area contributed by atoms with Crippen LogP contribution in [0.15, 0.2) is 21.8 Å². The van der Waals surface area contributed by atoms with Crippen molar-refractivity contribution in [1.29, 1.82) is 0 Å². The van der Waals surface area contributed by atoms with Crippen molar-refractivity contribution in [2.24, 2.45) is 0 Å². The van der Waals surface area contributed by atoms with Crippen LogP contribution < -0.4 is 5.32 Å². The van der Waals surface area contributed by atoms with Gasteiger partial charge in [0.2, 0.25) is 5.09 Å². The molecule has 0 aliphatic carbocycles. The van der Waals surface area contributed by atoms with Gasteiger partial charge in [0.1, 0.15) is 6.26 Å². The molecule has 0 aliphatic rings. The average molecular weight is 233 g/mol. The summed E-state index contributed by atoms with van der Waals surface area (Å²) in [5.74, 6) is -0.435. The van der Waals surface area contributed by atoms with E-state index in [1.807, 2.05) is 6.92 Å². The van der Waals surface area contributed by atoms with Crippen LogP contribution in [0.3, 0.4) is 0 Å². The van der Waals surface area contributed by atoms with E-state index in [0.717, 1.165) is 18.8 Å². The lowest BCUT2D eigenvalue weighted by Crippen LogP contribution is -2.23. The zero-order chi connectivity index (χ0) is 11.5. The molecule has 0 saturated carbocycles.